The number of benzene rings is 9. The molecule has 12 rings (SSSR count). The number of allylic oxidation sites excluding steroid dienone is 5. The van der Waals surface area contributed by atoms with Gasteiger partial charge in [0.2, 0.25) is 5.70 Å². The first kappa shape index (κ1) is 109. The maximum atomic E-state index is 10.8. The number of aldehydes is 1. The monoisotopic (exact) mass is 1860 g/mol. The van der Waals surface area contributed by atoms with Crippen LogP contribution < -0.4 is 28.9 Å². The first-order valence-electron chi connectivity index (χ1n) is 47.3. The molecule has 9 aromatic rings. The van der Waals surface area contributed by atoms with Crippen LogP contribution in [-0.4, -0.2) is 66.9 Å². The number of methoxy groups -OCH3 is 3. The lowest BCUT2D eigenvalue weighted by atomic mass is 9.86. The van der Waals surface area contributed by atoms with Gasteiger partial charge in [-0.3, -0.25) is 4.79 Å². The number of rotatable bonds is 38. The van der Waals surface area contributed by atoms with Gasteiger partial charge in [0, 0.05) is 108 Å². The van der Waals surface area contributed by atoms with Crippen molar-refractivity contribution in [2.45, 2.75) is 171 Å². The molecule has 0 fully saturated rings. The second-order valence-electron chi connectivity index (χ2n) is 33.8. The van der Waals surface area contributed by atoms with Crippen molar-refractivity contribution in [1.82, 2.24) is 0 Å². The van der Waals surface area contributed by atoms with E-state index in [4.69, 9.17) is 52.1 Å². The molecule has 712 valence electrons. The Morgan fingerprint density at radius 1 is 0.364 bits per heavy atom. The average molecular weight is 1860 g/mol. The Bertz CT molecular complexity index is 6180. The summed E-state index contributed by atoms with van der Waals surface area (Å²) in [5.41, 5.74) is 13.8. The molecule has 3 heterocycles. The van der Waals surface area contributed by atoms with E-state index in [1.165, 1.54) is 81.3 Å². The molecule has 0 saturated heterocycles. The van der Waals surface area contributed by atoms with Crippen LogP contribution in [-0.2, 0) is 31.0 Å². The minimum Gasteiger partial charge on any atom is -0.500 e. The lowest BCUT2D eigenvalue weighted by Crippen LogP contribution is -2.25. The number of hydrogen-bond donors (Lipinski definition) is 0. The minimum absolute atomic E-state index is 0. The van der Waals surface area contributed by atoms with Crippen LogP contribution in [0.4, 0.5) is 17.1 Å². The number of hydrogen-bond acceptors (Lipinski definition) is 17. The summed E-state index contributed by atoms with van der Waals surface area (Å²) in [6, 6.07) is 84.9. The van der Waals surface area contributed by atoms with Crippen LogP contribution >= 0.6 is 0 Å². The molecule has 0 spiro atoms. The fourth-order valence-electron chi connectivity index (χ4n) is 16.1. The highest BCUT2D eigenvalue weighted by molar-refractivity contribution is 5.80. The van der Waals surface area contributed by atoms with Crippen molar-refractivity contribution < 1.29 is 33.2 Å². The number of unbranched alkanes of at least 4 members (excludes halogenated alkanes) is 6. The van der Waals surface area contributed by atoms with E-state index in [2.05, 4.69) is 157 Å². The fourth-order valence-corrected chi connectivity index (χ4v) is 16.1. The van der Waals surface area contributed by atoms with Crippen molar-refractivity contribution in [2.24, 2.45) is 0 Å². The number of anilines is 3. The smallest absolute Gasteiger partial charge is 0.292 e. The van der Waals surface area contributed by atoms with Gasteiger partial charge in [0.1, 0.15) is 76.9 Å². The van der Waals surface area contributed by atoms with Crippen molar-refractivity contribution in [2.75, 3.05) is 75.3 Å². The lowest BCUT2D eigenvalue weighted by Gasteiger charge is -2.28. The molecule has 9 aromatic carbocycles. The summed E-state index contributed by atoms with van der Waals surface area (Å²) < 4.78 is 35.5. The zero-order valence-corrected chi connectivity index (χ0v) is 82.1. The number of nitrogens with zero attached hydrogens (tertiary/aromatic N) is 12. The van der Waals surface area contributed by atoms with Gasteiger partial charge in [0.15, 0.2) is 33.9 Å². The van der Waals surface area contributed by atoms with Crippen molar-refractivity contribution >= 4 is 72.0 Å². The predicted molar refractivity (Wildman–Crippen MR) is 566 cm³/mol. The Morgan fingerprint density at radius 2 is 0.650 bits per heavy atom. The van der Waals surface area contributed by atoms with E-state index in [-0.39, 0.29) is 58.4 Å². The normalized spacial score (nSPS) is 15.8. The van der Waals surface area contributed by atoms with Gasteiger partial charge in [-0.1, -0.05) is 312 Å². The topological polar surface area (TPSA) is 257 Å². The lowest BCUT2D eigenvalue weighted by molar-refractivity contribution is 0.0727. The SMILES string of the molecule is C.CC1=C(C#N)C(=C(C#N)C#N)OC1(C)c1ccccc1.CCCCN(CCCC)c1ccc(/C=C/c2ccc(/C=C/C3=C(C#N)C(=C(C#N)C#N)OC3(C)c3ccccc3)cc2)c(OC)c1.CCCCN(CCCC)c1ccc(/C=C/c2ccc(C=O)cc2)c(OC)c1.[C-]#[N+]C1=C(/C=C/c2ccc(/C=C/c3ccc(N(CCCC)CCCC)cc3OC)cc2)C(C)(c2ccccc2)O/C1=C(\C#N)[N+]#[C-]. The van der Waals surface area contributed by atoms with Crippen LogP contribution in [0.25, 0.3) is 58.3 Å². The summed E-state index contributed by atoms with van der Waals surface area (Å²) in [6.45, 7) is 42.3. The predicted octanol–water partition coefficient (Wildman–Crippen LogP) is 29.2. The highest BCUT2D eigenvalue weighted by atomic mass is 16.5. The maximum absolute atomic E-state index is 10.8. The molecule has 0 N–H and O–H groups in total. The number of carbonyl (C=O) groups is 1. The van der Waals surface area contributed by atoms with Crippen molar-refractivity contribution in [3.8, 4) is 59.7 Å². The summed E-state index contributed by atoms with van der Waals surface area (Å²) >= 11 is 0. The third-order valence-corrected chi connectivity index (χ3v) is 24.5. The largest absolute Gasteiger partial charge is 0.500 e. The van der Waals surface area contributed by atoms with E-state index in [1.807, 2.05) is 239 Å². The third-order valence-electron chi connectivity index (χ3n) is 24.5. The summed E-state index contributed by atoms with van der Waals surface area (Å²) in [5.74, 6) is 2.68. The minimum atomic E-state index is -1.04. The van der Waals surface area contributed by atoms with Crippen molar-refractivity contribution in [1.29, 1.82) is 36.8 Å². The molecule has 0 aromatic heterocycles. The summed E-state index contributed by atoms with van der Waals surface area (Å²) in [4.78, 5) is 25.1. The number of ether oxygens (including phenoxy) is 6. The van der Waals surface area contributed by atoms with Crippen LogP contribution in [0.3, 0.4) is 0 Å². The number of carbonyl (C=O) groups excluding carboxylic acids is 1. The maximum Gasteiger partial charge on any atom is 0.292 e. The first-order valence-corrected chi connectivity index (χ1v) is 47.3. The van der Waals surface area contributed by atoms with Gasteiger partial charge in [-0.05, 0) is 153 Å². The molecular weight excluding hydrogens is 1730 g/mol. The Hall–Kier alpha value is -16.6. The van der Waals surface area contributed by atoms with Gasteiger partial charge < -0.3 is 43.1 Å². The van der Waals surface area contributed by atoms with Crippen LogP contribution in [0.2, 0.25) is 0 Å². The molecule has 3 unspecified atom stereocenters. The Kier molecular flexibility index (Phi) is 43.0. The highest BCUT2D eigenvalue weighted by Crippen LogP contribution is 2.51. The van der Waals surface area contributed by atoms with Gasteiger partial charge in [-0.2, -0.15) is 31.6 Å². The number of nitriles is 7. The molecule has 0 saturated carbocycles. The van der Waals surface area contributed by atoms with Gasteiger partial charge in [-0.15, -0.1) is 0 Å². The van der Waals surface area contributed by atoms with Crippen molar-refractivity contribution in [3.05, 3.63) is 388 Å². The van der Waals surface area contributed by atoms with Crippen LogP contribution in [0.5, 0.6) is 17.2 Å². The molecule has 19 nitrogen and oxygen atoms in total. The molecule has 0 aliphatic carbocycles. The Balaban J connectivity index is 0.000000239. The van der Waals surface area contributed by atoms with Gasteiger partial charge in [0.25, 0.3) is 5.70 Å². The van der Waals surface area contributed by atoms with Crippen LogP contribution in [0.1, 0.15) is 225 Å². The summed E-state index contributed by atoms with van der Waals surface area (Å²) in [7, 11) is 5.15. The molecule has 140 heavy (non-hydrogen) atoms. The van der Waals surface area contributed by atoms with E-state index >= 15 is 0 Å². The van der Waals surface area contributed by atoms with E-state index in [0.29, 0.717) is 22.3 Å². The quantitative estimate of drug-likeness (QED) is 0.0151. The van der Waals surface area contributed by atoms with Gasteiger partial charge >= 0.3 is 0 Å². The molecule has 0 amide bonds. The third kappa shape index (κ3) is 28.1. The highest BCUT2D eigenvalue weighted by Gasteiger charge is 2.46. The molecule has 3 aliphatic rings. The molecule has 0 bridgehead atoms. The standard InChI is InChI=1S/2C40H40N4O2.C24H31NO2.C16H11N3O.CH4/c1-7-9-26-44(27-10-8-2)34-24-23-32(37(28-34)45-6)22-20-30-16-18-31(19-17-30)21-25-35-38(43-5)39(36(29-41)42-4)46-40(35,3)33-14-12-11-13-15-33;1-5-7-24-44(25-8-6-2)35-22-21-32(38(26-35)45-4)20-18-30-14-16-31(17-15-30)19-23-37-36(29-43)39(33(27-41)28-42)46-40(37,3)34-12-10-9-11-13-34;1-4-6-16-25(17-7-5-2)23-15-14-22(24(18-23)27-3)13-12-20-8-10-21(19-26)11-9-20;1-11-14(10-19)15(12(8-17)9-18)20-16(11,2)13-6-4-3-5-7-13;/h11-25,28H,7-10,26-27H2,1-3,6H3;9-23,26H,5-8,24-25H2,1-4H3;8-15,18-19H,4-7,16-17H2,1-3H3;3-7H,1-2H3;1H4/b22-20+,25-21+,39-36+;20-18+,23-19+;13-12+;;. The first-order chi connectivity index (χ1) is 67.6. The van der Waals surface area contributed by atoms with Crippen molar-refractivity contribution in [3.63, 3.8) is 0 Å². The van der Waals surface area contributed by atoms with E-state index < -0.39 is 16.8 Å². The van der Waals surface area contributed by atoms with E-state index in [1.54, 1.807) is 40.4 Å². The zero-order chi connectivity index (χ0) is 100. The molecule has 3 atom stereocenters. The molecule has 3 aliphatic heterocycles. The van der Waals surface area contributed by atoms with E-state index in [0.717, 1.165) is 137 Å². The van der Waals surface area contributed by atoms with Crippen LogP contribution in [0, 0.1) is 92.5 Å². The molecule has 19 heteroatoms. The Labute approximate surface area is 830 Å². The molecule has 0 radical (unpaired) electrons. The summed E-state index contributed by atoms with van der Waals surface area (Å²) in [6.07, 6.45) is 34.9. The second kappa shape index (κ2) is 55.4. The van der Waals surface area contributed by atoms with Crippen LogP contribution in [0.15, 0.2) is 298 Å². The summed E-state index contributed by atoms with van der Waals surface area (Å²) in [5, 5.41) is 65.9. The van der Waals surface area contributed by atoms with E-state index in [9.17, 15) is 31.1 Å². The second-order valence-corrected chi connectivity index (χ2v) is 33.8. The van der Waals surface area contributed by atoms with Gasteiger partial charge in [0.05, 0.1) is 46.1 Å². The molecular formula is C121H126N12O7. The zero-order valence-electron chi connectivity index (χ0n) is 82.1. The fraction of sp³-hybridized carbons (Fsp3) is 0.289. The Morgan fingerprint density at radius 3 is 0.936 bits per heavy atom. The van der Waals surface area contributed by atoms with Gasteiger partial charge in [-0.25, -0.2) is 15.0 Å². The average Bonchev–Trinajstić information content (AvgIpc) is 1.61.